The molecular formula is C11H26SSi2. The molecule has 1 saturated heterocycles. The Morgan fingerprint density at radius 2 is 1.29 bits per heavy atom. The average Bonchev–Trinajstić information content (AvgIpc) is 1.98. The van der Waals surface area contributed by atoms with Crippen molar-refractivity contribution in [2.75, 3.05) is 5.75 Å². The van der Waals surface area contributed by atoms with E-state index in [1.807, 2.05) is 0 Å². The van der Waals surface area contributed by atoms with Gasteiger partial charge in [-0.2, -0.15) is 11.8 Å². The summed E-state index contributed by atoms with van der Waals surface area (Å²) < 4.78 is 0.659. The van der Waals surface area contributed by atoms with Gasteiger partial charge in [0.15, 0.2) is 0 Å². The standard InChI is InChI=1S/C11H26SSi2/c1-8(2)7-12-11(13,14)10(5,6)9(8,3)4/h7H2,1-6,13-14H3. The van der Waals surface area contributed by atoms with E-state index in [1.54, 1.807) is 0 Å². The van der Waals surface area contributed by atoms with Crippen molar-refractivity contribution in [3.05, 3.63) is 0 Å². The van der Waals surface area contributed by atoms with Crippen LogP contribution in [0.25, 0.3) is 0 Å². The van der Waals surface area contributed by atoms with Crippen LogP contribution in [0.4, 0.5) is 0 Å². The summed E-state index contributed by atoms with van der Waals surface area (Å²) in [5.74, 6) is 1.34. The zero-order valence-corrected chi connectivity index (χ0v) is 15.9. The van der Waals surface area contributed by atoms with Crippen LogP contribution in [0.5, 0.6) is 0 Å². The van der Waals surface area contributed by atoms with Gasteiger partial charge in [0, 0.05) is 20.5 Å². The van der Waals surface area contributed by atoms with Gasteiger partial charge in [0.25, 0.3) is 0 Å². The smallest absolute Gasteiger partial charge is 0.0191 e. The normalized spacial score (nSPS) is 39.9. The Hall–Kier alpha value is 0.784. The van der Waals surface area contributed by atoms with E-state index < -0.39 is 0 Å². The van der Waals surface area contributed by atoms with Gasteiger partial charge >= 0.3 is 0 Å². The highest BCUT2D eigenvalue weighted by Gasteiger charge is 2.58. The second-order valence-corrected chi connectivity index (χ2v) is 16.0. The van der Waals surface area contributed by atoms with Crippen molar-refractivity contribution in [1.82, 2.24) is 0 Å². The van der Waals surface area contributed by atoms with E-state index in [1.165, 1.54) is 26.2 Å². The zero-order chi connectivity index (χ0) is 11.4. The van der Waals surface area contributed by atoms with Crippen molar-refractivity contribution >= 4 is 32.2 Å². The quantitative estimate of drug-likeness (QED) is 0.579. The van der Waals surface area contributed by atoms with Gasteiger partial charge in [0.1, 0.15) is 0 Å². The van der Waals surface area contributed by atoms with Crippen LogP contribution in [0.1, 0.15) is 41.5 Å². The summed E-state index contributed by atoms with van der Waals surface area (Å²) in [5.41, 5.74) is 1.42. The van der Waals surface area contributed by atoms with E-state index in [4.69, 9.17) is 0 Å². The van der Waals surface area contributed by atoms with Gasteiger partial charge in [-0.05, 0) is 26.0 Å². The molecule has 0 aromatic carbocycles. The van der Waals surface area contributed by atoms with E-state index in [0.29, 0.717) is 20.2 Å². The van der Waals surface area contributed by atoms with Crippen molar-refractivity contribution in [2.24, 2.45) is 16.2 Å². The lowest BCUT2D eigenvalue weighted by Crippen LogP contribution is -2.61. The molecule has 0 unspecified atom stereocenters. The molecule has 1 aliphatic heterocycles. The molecule has 0 atom stereocenters. The molecule has 1 rings (SSSR count). The first-order valence-electron chi connectivity index (χ1n) is 5.60. The van der Waals surface area contributed by atoms with Crippen molar-refractivity contribution in [3.63, 3.8) is 0 Å². The molecule has 0 spiro atoms. The fourth-order valence-electron chi connectivity index (χ4n) is 2.32. The number of hydrogen-bond acceptors (Lipinski definition) is 1. The summed E-state index contributed by atoms with van der Waals surface area (Å²) in [7, 11) is 2.69. The van der Waals surface area contributed by atoms with Gasteiger partial charge in [-0.15, -0.1) is 0 Å². The van der Waals surface area contributed by atoms with Crippen LogP contribution in [-0.2, 0) is 0 Å². The predicted molar refractivity (Wildman–Crippen MR) is 76.4 cm³/mol. The van der Waals surface area contributed by atoms with Gasteiger partial charge in [-0.3, -0.25) is 0 Å². The van der Waals surface area contributed by atoms with Gasteiger partial charge in [0.05, 0.1) is 0 Å². The lowest BCUT2D eigenvalue weighted by Gasteiger charge is -2.63. The summed E-state index contributed by atoms with van der Waals surface area (Å²) in [6, 6.07) is 0. The van der Waals surface area contributed by atoms with Crippen LogP contribution in [0.3, 0.4) is 0 Å². The van der Waals surface area contributed by atoms with Crippen LogP contribution < -0.4 is 0 Å². The third-order valence-electron chi connectivity index (χ3n) is 5.55. The van der Waals surface area contributed by atoms with Crippen LogP contribution in [0, 0.1) is 16.2 Å². The van der Waals surface area contributed by atoms with Crippen molar-refractivity contribution in [1.29, 1.82) is 0 Å². The molecule has 0 aliphatic carbocycles. The Morgan fingerprint density at radius 1 is 0.857 bits per heavy atom. The third kappa shape index (κ3) is 1.47. The number of thioether (sulfide) groups is 1. The molecule has 0 amide bonds. The van der Waals surface area contributed by atoms with Crippen molar-refractivity contribution in [3.8, 4) is 0 Å². The Labute approximate surface area is 99.8 Å². The third-order valence-corrected chi connectivity index (χ3v) is 11.9. The minimum absolute atomic E-state index is 0.453. The first-order valence-corrected chi connectivity index (χ1v) is 8.58. The van der Waals surface area contributed by atoms with Crippen LogP contribution >= 0.6 is 11.8 Å². The highest BCUT2D eigenvalue weighted by atomic mass is 32.2. The lowest BCUT2D eigenvalue weighted by molar-refractivity contribution is -0.00935. The molecule has 0 aromatic rings. The van der Waals surface area contributed by atoms with Gasteiger partial charge in [0.2, 0.25) is 0 Å². The van der Waals surface area contributed by atoms with Crippen LogP contribution in [0.2, 0.25) is 0 Å². The van der Waals surface area contributed by atoms with E-state index in [0.717, 1.165) is 0 Å². The SMILES string of the molecule is CC1(C)CSC([SiH3])([SiH3])C(C)(C)C1(C)C. The van der Waals surface area contributed by atoms with Gasteiger partial charge in [-0.25, -0.2) is 0 Å². The summed E-state index contributed by atoms with van der Waals surface area (Å²) in [6.45, 7) is 14.9. The molecule has 14 heavy (non-hydrogen) atoms. The molecule has 0 bridgehead atoms. The highest BCUT2D eigenvalue weighted by molar-refractivity contribution is 8.03. The lowest BCUT2D eigenvalue weighted by atomic mass is 9.55. The topological polar surface area (TPSA) is 0 Å². The zero-order valence-electron chi connectivity index (χ0n) is 11.1. The molecule has 84 valence electrons. The van der Waals surface area contributed by atoms with E-state index in [2.05, 4.69) is 53.3 Å². The maximum Gasteiger partial charge on any atom is 0.0191 e. The molecule has 0 aromatic heterocycles. The fraction of sp³-hybridized carbons (Fsp3) is 1.00. The molecule has 1 heterocycles. The largest absolute Gasteiger partial charge is 0.162 e. The van der Waals surface area contributed by atoms with Crippen LogP contribution in [-0.4, -0.2) is 30.2 Å². The number of hydrogen-bond donors (Lipinski definition) is 0. The fourth-order valence-corrected chi connectivity index (χ4v) is 6.13. The second kappa shape index (κ2) is 3.14. The van der Waals surface area contributed by atoms with Gasteiger partial charge in [-0.1, -0.05) is 41.5 Å². The predicted octanol–water partition coefficient (Wildman–Crippen LogP) is 1.20. The first kappa shape index (κ1) is 12.9. The number of rotatable bonds is 0. The molecule has 1 fully saturated rings. The molecule has 0 radical (unpaired) electrons. The summed E-state index contributed by atoms with van der Waals surface area (Å²) in [5, 5.41) is 0. The Balaban J connectivity index is 3.20. The Bertz CT molecular complexity index is 216. The van der Waals surface area contributed by atoms with E-state index >= 15 is 0 Å². The van der Waals surface area contributed by atoms with Crippen molar-refractivity contribution < 1.29 is 0 Å². The minimum atomic E-state index is 0.453. The van der Waals surface area contributed by atoms with Crippen LogP contribution in [0.15, 0.2) is 0 Å². The van der Waals surface area contributed by atoms with E-state index in [9.17, 15) is 0 Å². The Morgan fingerprint density at radius 3 is 1.64 bits per heavy atom. The molecule has 0 nitrogen and oxygen atoms in total. The summed E-state index contributed by atoms with van der Waals surface area (Å²) in [4.78, 5) is 0. The second-order valence-electron chi connectivity index (χ2n) is 6.93. The molecule has 0 N–H and O–H groups in total. The minimum Gasteiger partial charge on any atom is -0.162 e. The molecule has 0 saturated carbocycles. The van der Waals surface area contributed by atoms with E-state index in [-0.39, 0.29) is 0 Å². The highest BCUT2D eigenvalue weighted by Crippen LogP contribution is 2.63. The summed E-state index contributed by atoms with van der Waals surface area (Å²) in [6.07, 6.45) is 0. The average molecular weight is 247 g/mol. The maximum absolute atomic E-state index is 2.50. The first-order chi connectivity index (χ1) is 5.96. The maximum atomic E-state index is 2.50. The molecule has 1 aliphatic rings. The molecule has 3 heteroatoms. The van der Waals surface area contributed by atoms with Gasteiger partial charge < -0.3 is 0 Å². The monoisotopic (exact) mass is 246 g/mol. The van der Waals surface area contributed by atoms with Crippen molar-refractivity contribution in [2.45, 2.75) is 45.5 Å². The summed E-state index contributed by atoms with van der Waals surface area (Å²) >= 11 is 2.26. The molecular weight excluding hydrogens is 220 g/mol. The Kier molecular flexibility index (Phi) is 2.88.